The highest BCUT2D eigenvalue weighted by molar-refractivity contribution is 5.61. The minimum absolute atomic E-state index is 0.139. The van der Waals surface area contributed by atoms with E-state index in [0.29, 0.717) is 13.2 Å². The van der Waals surface area contributed by atoms with E-state index in [4.69, 9.17) is 10.2 Å². The third-order valence-corrected chi connectivity index (χ3v) is 0.787. The summed E-state index contributed by atoms with van der Waals surface area (Å²) in [4.78, 5) is 9.80. The molecule has 1 heterocycles. The number of aliphatic hydroxyl groups is 2. The van der Waals surface area contributed by atoms with Crippen molar-refractivity contribution in [3.05, 3.63) is 0 Å². The van der Waals surface area contributed by atoms with Crippen LogP contribution in [-0.2, 0) is 9.47 Å². The summed E-state index contributed by atoms with van der Waals surface area (Å²) in [5.41, 5.74) is 0. The zero-order valence-electron chi connectivity index (χ0n) is 6.32. The highest BCUT2D eigenvalue weighted by Crippen LogP contribution is 1.92. The number of cyclic esters (lactones) is 2. The molecule has 1 aliphatic heterocycles. The monoisotopic (exact) mass is 164 g/mol. The fraction of sp³-hybridized carbons (Fsp3) is 0.833. The lowest BCUT2D eigenvalue weighted by Gasteiger charge is -1.90. The van der Waals surface area contributed by atoms with Crippen molar-refractivity contribution in [3.8, 4) is 0 Å². The molecule has 0 radical (unpaired) electrons. The van der Waals surface area contributed by atoms with Crippen molar-refractivity contribution < 1.29 is 24.5 Å². The maximum Gasteiger partial charge on any atom is 0.508 e. The molecule has 5 nitrogen and oxygen atoms in total. The van der Waals surface area contributed by atoms with E-state index in [-0.39, 0.29) is 6.61 Å². The van der Waals surface area contributed by atoms with E-state index in [2.05, 4.69) is 9.47 Å². The van der Waals surface area contributed by atoms with Crippen molar-refractivity contribution in [1.82, 2.24) is 0 Å². The summed E-state index contributed by atoms with van der Waals surface area (Å²) in [6.07, 6.45) is -1.11. The van der Waals surface area contributed by atoms with Crippen LogP contribution in [0.25, 0.3) is 0 Å². The molecule has 0 bridgehead atoms. The maximum absolute atomic E-state index is 9.80. The van der Waals surface area contributed by atoms with Crippen LogP contribution in [0, 0.1) is 0 Å². The zero-order chi connectivity index (χ0) is 8.69. The van der Waals surface area contributed by atoms with Gasteiger partial charge in [0.15, 0.2) is 0 Å². The second-order valence-corrected chi connectivity index (χ2v) is 1.98. The van der Waals surface area contributed by atoms with Crippen LogP contribution in [0.4, 0.5) is 4.79 Å². The molecule has 0 saturated carbocycles. The number of ether oxygens (including phenoxy) is 2. The Hall–Kier alpha value is -0.810. The van der Waals surface area contributed by atoms with Crippen molar-refractivity contribution >= 4 is 6.16 Å². The number of rotatable bonds is 1. The first kappa shape index (κ1) is 10.2. The van der Waals surface area contributed by atoms with Crippen LogP contribution in [0.3, 0.4) is 0 Å². The quantitative estimate of drug-likeness (QED) is 0.511. The first-order chi connectivity index (χ1) is 5.16. The summed E-state index contributed by atoms with van der Waals surface area (Å²) in [5, 5.41) is 16.0. The molecule has 1 fully saturated rings. The Morgan fingerprint density at radius 2 is 1.91 bits per heavy atom. The number of hydrogen-bond acceptors (Lipinski definition) is 5. The molecule has 1 saturated heterocycles. The summed E-state index contributed by atoms with van der Waals surface area (Å²) >= 11 is 0. The summed E-state index contributed by atoms with van der Waals surface area (Å²) in [6, 6.07) is 0. The van der Waals surface area contributed by atoms with Crippen LogP contribution in [0.15, 0.2) is 0 Å². The Kier molecular flexibility index (Phi) is 5.50. The maximum atomic E-state index is 9.80. The van der Waals surface area contributed by atoms with E-state index in [1.165, 1.54) is 6.92 Å². The predicted octanol–water partition coefficient (Wildman–Crippen LogP) is -0.487. The molecule has 1 aliphatic rings. The van der Waals surface area contributed by atoms with Crippen molar-refractivity contribution in [1.29, 1.82) is 0 Å². The fourth-order valence-electron chi connectivity index (χ4n) is 0.292. The number of hydrogen-bond donors (Lipinski definition) is 2. The van der Waals surface area contributed by atoms with Gasteiger partial charge in [-0.15, -0.1) is 0 Å². The summed E-state index contributed by atoms with van der Waals surface area (Å²) in [7, 11) is 0. The largest absolute Gasteiger partial charge is 0.508 e. The third-order valence-electron chi connectivity index (χ3n) is 0.787. The minimum atomic E-state index is -0.560. The van der Waals surface area contributed by atoms with Gasteiger partial charge in [-0.25, -0.2) is 4.79 Å². The van der Waals surface area contributed by atoms with Gasteiger partial charge in [-0.3, -0.25) is 0 Å². The number of carbonyl (C=O) groups is 1. The van der Waals surface area contributed by atoms with E-state index < -0.39 is 12.3 Å². The Morgan fingerprint density at radius 3 is 2.00 bits per heavy atom. The van der Waals surface area contributed by atoms with Gasteiger partial charge in [0.25, 0.3) is 0 Å². The van der Waals surface area contributed by atoms with Crippen LogP contribution in [0.1, 0.15) is 6.92 Å². The Morgan fingerprint density at radius 1 is 1.55 bits per heavy atom. The van der Waals surface area contributed by atoms with Crippen molar-refractivity contribution in [2.45, 2.75) is 13.0 Å². The predicted molar refractivity (Wildman–Crippen MR) is 36.1 cm³/mol. The van der Waals surface area contributed by atoms with Gasteiger partial charge in [0.2, 0.25) is 0 Å². The van der Waals surface area contributed by atoms with Crippen LogP contribution in [0.2, 0.25) is 0 Å². The highest BCUT2D eigenvalue weighted by atomic mass is 16.8. The second kappa shape index (κ2) is 5.94. The van der Waals surface area contributed by atoms with E-state index >= 15 is 0 Å². The molecule has 0 aromatic rings. The first-order valence-corrected chi connectivity index (χ1v) is 3.25. The molecule has 1 unspecified atom stereocenters. The molecule has 2 N–H and O–H groups in total. The lowest BCUT2D eigenvalue weighted by atomic mass is 10.5. The van der Waals surface area contributed by atoms with Gasteiger partial charge in [-0.2, -0.15) is 0 Å². The smallest absolute Gasteiger partial charge is 0.431 e. The van der Waals surface area contributed by atoms with Gasteiger partial charge in [0, 0.05) is 0 Å². The molecule has 0 aromatic heterocycles. The molecule has 0 aliphatic carbocycles. The molecule has 5 heteroatoms. The summed E-state index contributed by atoms with van der Waals surface area (Å²) in [5.74, 6) is 0. The molecule has 1 rings (SSSR count). The van der Waals surface area contributed by atoms with Gasteiger partial charge in [0.05, 0.1) is 12.7 Å². The standard InChI is InChI=1S/C3H4O3.C3H8O2/c4-3-5-1-2-6-3;1-3(5)2-4/h1-2H2;3-5H,2H2,1H3. The third kappa shape index (κ3) is 7.08. The van der Waals surface area contributed by atoms with E-state index in [0.717, 1.165) is 0 Å². The van der Waals surface area contributed by atoms with E-state index in [1.54, 1.807) is 0 Å². The Balaban J connectivity index is 0.000000187. The normalized spacial score (nSPS) is 17.5. The molecule has 11 heavy (non-hydrogen) atoms. The zero-order valence-corrected chi connectivity index (χ0v) is 6.32. The average Bonchev–Trinajstić information content (AvgIpc) is 2.41. The van der Waals surface area contributed by atoms with Gasteiger partial charge >= 0.3 is 6.16 Å². The van der Waals surface area contributed by atoms with Crippen LogP contribution in [0.5, 0.6) is 0 Å². The molecule has 0 spiro atoms. The second-order valence-electron chi connectivity index (χ2n) is 1.98. The SMILES string of the molecule is CC(O)CO.O=C1OCCO1. The molecular formula is C6H12O5. The van der Waals surface area contributed by atoms with E-state index in [1.807, 2.05) is 0 Å². The average molecular weight is 164 g/mol. The van der Waals surface area contributed by atoms with Crippen molar-refractivity contribution in [2.75, 3.05) is 19.8 Å². The first-order valence-electron chi connectivity index (χ1n) is 3.25. The van der Waals surface area contributed by atoms with Crippen molar-refractivity contribution in [2.24, 2.45) is 0 Å². The molecule has 66 valence electrons. The number of aliphatic hydroxyl groups excluding tert-OH is 2. The molecule has 0 amide bonds. The van der Waals surface area contributed by atoms with Crippen LogP contribution in [-0.4, -0.2) is 42.3 Å². The lowest BCUT2D eigenvalue weighted by Crippen LogP contribution is -2.03. The van der Waals surface area contributed by atoms with Crippen LogP contribution < -0.4 is 0 Å². The molecule has 1 atom stereocenters. The van der Waals surface area contributed by atoms with Gasteiger partial charge in [0.1, 0.15) is 13.2 Å². The molecular weight excluding hydrogens is 152 g/mol. The van der Waals surface area contributed by atoms with Gasteiger partial charge in [-0.05, 0) is 6.92 Å². The Labute approximate surface area is 64.5 Å². The number of carbonyl (C=O) groups excluding carboxylic acids is 1. The fourth-order valence-corrected chi connectivity index (χ4v) is 0.292. The van der Waals surface area contributed by atoms with Gasteiger partial charge in [-0.1, -0.05) is 0 Å². The molecule has 0 aromatic carbocycles. The topological polar surface area (TPSA) is 76.0 Å². The minimum Gasteiger partial charge on any atom is -0.431 e. The Bertz CT molecular complexity index is 104. The lowest BCUT2D eigenvalue weighted by molar-refractivity contribution is 0.110. The highest BCUT2D eigenvalue weighted by Gasteiger charge is 2.09. The van der Waals surface area contributed by atoms with Crippen LogP contribution >= 0.6 is 0 Å². The van der Waals surface area contributed by atoms with Gasteiger partial charge < -0.3 is 19.7 Å². The van der Waals surface area contributed by atoms with E-state index in [9.17, 15) is 4.79 Å². The van der Waals surface area contributed by atoms with Crippen molar-refractivity contribution in [3.63, 3.8) is 0 Å². The summed E-state index contributed by atoms with van der Waals surface area (Å²) < 4.78 is 8.58. The summed E-state index contributed by atoms with van der Waals surface area (Å²) in [6.45, 7) is 2.22.